The van der Waals surface area contributed by atoms with Gasteiger partial charge >= 0.3 is 5.97 Å². The Hall–Kier alpha value is -2.53. The molecule has 22 heavy (non-hydrogen) atoms. The average molecular weight is 320 g/mol. The Labute approximate surface area is 132 Å². The topological polar surface area (TPSA) is 75.6 Å². The van der Waals surface area contributed by atoms with Gasteiger partial charge in [-0.2, -0.15) is 0 Å². The molecule has 0 atom stereocenters. The van der Waals surface area contributed by atoms with E-state index in [1.54, 1.807) is 24.3 Å². The van der Waals surface area contributed by atoms with Gasteiger partial charge in [0.15, 0.2) is 6.61 Å². The van der Waals surface area contributed by atoms with E-state index in [0.29, 0.717) is 11.6 Å². The predicted molar refractivity (Wildman–Crippen MR) is 82.2 cm³/mol. The fraction of sp³-hybridized carbons (Fsp3) is 0.125. The maximum Gasteiger partial charge on any atom is 0.339 e. The third-order valence-corrected chi connectivity index (χ3v) is 3.13. The SMILES string of the molecule is O=C(COc1ccccc1C(=O)O)NCc1ccc(Cl)cc1. The number of ether oxygens (including phenoxy) is 1. The van der Waals surface area contributed by atoms with Crippen LogP contribution in [0.25, 0.3) is 0 Å². The zero-order valence-electron chi connectivity index (χ0n) is 11.6. The number of para-hydroxylation sites is 1. The lowest BCUT2D eigenvalue weighted by atomic mass is 10.2. The predicted octanol–water partition coefficient (Wildman–Crippen LogP) is 2.73. The highest BCUT2D eigenvalue weighted by atomic mass is 35.5. The molecule has 1 amide bonds. The summed E-state index contributed by atoms with van der Waals surface area (Å²) < 4.78 is 5.25. The van der Waals surface area contributed by atoms with E-state index in [-0.39, 0.29) is 23.8 Å². The molecular weight excluding hydrogens is 306 g/mol. The second-order valence-electron chi connectivity index (χ2n) is 4.49. The molecule has 0 spiro atoms. The molecule has 2 rings (SSSR count). The highest BCUT2D eigenvalue weighted by Gasteiger charge is 2.11. The number of carboxylic acids is 1. The number of carboxylic acid groups (broad SMARTS) is 1. The monoisotopic (exact) mass is 319 g/mol. The molecule has 2 aromatic rings. The summed E-state index contributed by atoms with van der Waals surface area (Å²) in [4.78, 5) is 22.7. The summed E-state index contributed by atoms with van der Waals surface area (Å²) in [7, 11) is 0. The highest BCUT2D eigenvalue weighted by Crippen LogP contribution is 2.17. The lowest BCUT2D eigenvalue weighted by molar-refractivity contribution is -0.123. The highest BCUT2D eigenvalue weighted by molar-refractivity contribution is 6.30. The standard InChI is InChI=1S/C16H14ClNO4/c17-12-7-5-11(6-8-12)9-18-15(19)10-22-14-4-2-1-3-13(14)16(20)21/h1-8H,9-10H2,(H,18,19)(H,20,21). The third-order valence-electron chi connectivity index (χ3n) is 2.88. The number of hydrogen-bond donors (Lipinski definition) is 2. The third kappa shape index (κ3) is 4.49. The van der Waals surface area contributed by atoms with E-state index >= 15 is 0 Å². The van der Waals surface area contributed by atoms with Crippen LogP contribution in [0.5, 0.6) is 5.75 Å². The van der Waals surface area contributed by atoms with Crippen LogP contribution in [0.1, 0.15) is 15.9 Å². The summed E-state index contributed by atoms with van der Waals surface area (Å²) in [6.45, 7) is 0.0951. The maximum atomic E-state index is 11.7. The molecule has 0 aliphatic heterocycles. The van der Waals surface area contributed by atoms with Gasteiger partial charge in [0.25, 0.3) is 5.91 Å². The smallest absolute Gasteiger partial charge is 0.339 e. The first-order chi connectivity index (χ1) is 10.6. The fourth-order valence-corrected chi connectivity index (χ4v) is 1.89. The molecule has 0 unspecified atom stereocenters. The van der Waals surface area contributed by atoms with Gasteiger partial charge in [0.05, 0.1) is 0 Å². The molecule has 5 nitrogen and oxygen atoms in total. The molecule has 2 N–H and O–H groups in total. The molecule has 0 fully saturated rings. The summed E-state index contributed by atoms with van der Waals surface area (Å²) in [6, 6.07) is 13.3. The molecule has 6 heteroatoms. The molecular formula is C16H14ClNO4. The van der Waals surface area contributed by atoms with Crippen LogP contribution in [-0.2, 0) is 11.3 Å². The van der Waals surface area contributed by atoms with E-state index in [4.69, 9.17) is 21.4 Å². The second-order valence-corrected chi connectivity index (χ2v) is 4.93. The minimum atomic E-state index is -1.10. The quantitative estimate of drug-likeness (QED) is 0.858. The van der Waals surface area contributed by atoms with Gasteiger partial charge in [-0.15, -0.1) is 0 Å². The van der Waals surface area contributed by atoms with E-state index in [2.05, 4.69) is 5.32 Å². The largest absolute Gasteiger partial charge is 0.483 e. The molecule has 0 aromatic heterocycles. The van der Waals surface area contributed by atoms with Crippen molar-refractivity contribution in [3.8, 4) is 5.75 Å². The van der Waals surface area contributed by atoms with Crippen LogP contribution < -0.4 is 10.1 Å². The Morgan fingerprint density at radius 1 is 1.09 bits per heavy atom. The van der Waals surface area contributed by atoms with Gasteiger partial charge in [0.2, 0.25) is 0 Å². The van der Waals surface area contributed by atoms with Gasteiger partial charge in [-0.25, -0.2) is 4.79 Å². The first-order valence-electron chi connectivity index (χ1n) is 6.52. The van der Waals surface area contributed by atoms with Crippen LogP contribution in [0, 0.1) is 0 Å². The zero-order chi connectivity index (χ0) is 15.9. The van der Waals surface area contributed by atoms with Gasteiger partial charge in [-0.1, -0.05) is 35.9 Å². The molecule has 114 valence electrons. The number of benzene rings is 2. The van der Waals surface area contributed by atoms with Crippen LogP contribution in [0.2, 0.25) is 5.02 Å². The van der Waals surface area contributed by atoms with Crippen LogP contribution >= 0.6 is 11.6 Å². The van der Waals surface area contributed by atoms with Crippen LogP contribution in [0.4, 0.5) is 0 Å². The van der Waals surface area contributed by atoms with Crippen molar-refractivity contribution in [2.24, 2.45) is 0 Å². The van der Waals surface area contributed by atoms with Gasteiger partial charge < -0.3 is 15.2 Å². The van der Waals surface area contributed by atoms with Gasteiger partial charge in [-0.3, -0.25) is 4.79 Å². The molecule has 0 heterocycles. The number of aromatic carboxylic acids is 1. The van der Waals surface area contributed by atoms with Crippen LogP contribution in [0.3, 0.4) is 0 Å². The average Bonchev–Trinajstić information content (AvgIpc) is 2.52. The van der Waals surface area contributed by atoms with E-state index in [1.807, 2.05) is 12.1 Å². The molecule has 0 saturated carbocycles. The maximum absolute atomic E-state index is 11.7. The fourth-order valence-electron chi connectivity index (χ4n) is 1.77. The van der Waals surface area contributed by atoms with Gasteiger partial charge in [0, 0.05) is 11.6 Å². The number of carbonyl (C=O) groups excluding carboxylic acids is 1. The Bertz CT molecular complexity index is 670. The molecule has 2 aromatic carbocycles. The zero-order valence-corrected chi connectivity index (χ0v) is 12.3. The van der Waals surface area contributed by atoms with Crippen molar-refractivity contribution in [2.75, 3.05) is 6.61 Å². The van der Waals surface area contributed by atoms with Crippen molar-refractivity contribution in [1.29, 1.82) is 0 Å². The van der Waals surface area contributed by atoms with Crippen molar-refractivity contribution in [3.63, 3.8) is 0 Å². The molecule has 0 radical (unpaired) electrons. The summed E-state index contributed by atoms with van der Waals surface area (Å²) in [6.07, 6.45) is 0. The van der Waals surface area contributed by atoms with Crippen molar-refractivity contribution >= 4 is 23.5 Å². The summed E-state index contributed by atoms with van der Waals surface area (Å²) in [5, 5.41) is 12.3. The van der Waals surface area contributed by atoms with E-state index in [1.165, 1.54) is 12.1 Å². The van der Waals surface area contributed by atoms with Crippen molar-refractivity contribution in [3.05, 3.63) is 64.7 Å². The van der Waals surface area contributed by atoms with Crippen molar-refractivity contribution in [1.82, 2.24) is 5.32 Å². The van der Waals surface area contributed by atoms with Crippen molar-refractivity contribution < 1.29 is 19.4 Å². The Balaban J connectivity index is 1.85. The Morgan fingerprint density at radius 2 is 1.77 bits per heavy atom. The summed E-state index contributed by atoms with van der Waals surface area (Å²) >= 11 is 5.78. The Morgan fingerprint density at radius 3 is 2.45 bits per heavy atom. The van der Waals surface area contributed by atoms with Crippen molar-refractivity contribution in [2.45, 2.75) is 6.54 Å². The number of halogens is 1. The van der Waals surface area contributed by atoms with E-state index < -0.39 is 5.97 Å². The summed E-state index contributed by atoms with van der Waals surface area (Å²) in [5.41, 5.74) is 0.927. The first kappa shape index (κ1) is 15.9. The van der Waals surface area contributed by atoms with Gasteiger partial charge in [0.1, 0.15) is 11.3 Å². The number of hydrogen-bond acceptors (Lipinski definition) is 3. The first-order valence-corrected chi connectivity index (χ1v) is 6.90. The van der Waals surface area contributed by atoms with Gasteiger partial charge in [-0.05, 0) is 29.8 Å². The normalized spacial score (nSPS) is 10.0. The number of amides is 1. The van der Waals surface area contributed by atoms with E-state index in [9.17, 15) is 9.59 Å². The van der Waals surface area contributed by atoms with E-state index in [0.717, 1.165) is 5.56 Å². The molecule has 0 aliphatic carbocycles. The Kier molecular flexibility index (Phi) is 5.38. The molecule has 0 aliphatic rings. The lowest BCUT2D eigenvalue weighted by Crippen LogP contribution is -2.28. The lowest BCUT2D eigenvalue weighted by Gasteiger charge is -2.09. The van der Waals surface area contributed by atoms with Crippen LogP contribution in [-0.4, -0.2) is 23.6 Å². The minimum absolute atomic E-state index is 0.0213. The minimum Gasteiger partial charge on any atom is -0.483 e. The summed E-state index contributed by atoms with van der Waals surface area (Å²) in [5.74, 6) is -1.27. The number of carbonyl (C=O) groups is 2. The second kappa shape index (κ2) is 7.47. The number of nitrogens with one attached hydrogen (secondary N) is 1. The molecule has 0 saturated heterocycles. The molecule has 0 bridgehead atoms. The van der Waals surface area contributed by atoms with Crippen LogP contribution in [0.15, 0.2) is 48.5 Å². The number of rotatable bonds is 6.